The van der Waals surface area contributed by atoms with E-state index in [1.807, 2.05) is 0 Å². The number of primary amides is 1. The van der Waals surface area contributed by atoms with Gasteiger partial charge >= 0.3 is 5.97 Å². The number of nitrogens with one attached hydrogen (secondary N) is 3. The summed E-state index contributed by atoms with van der Waals surface area (Å²) in [6.07, 6.45) is -1.38. The summed E-state index contributed by atoms with van der Waals surface area (Å²) in [5.74, 6) is -4.65. The topological polar surface area (TPSA) is 278 Å². The Bertz CT molecular complexity index is 1010. The minimum Gasteiger partial charge on any atom is -0.480 e. The average molecular weight is 551 g/mol. The Hall–Kier alpha value is -4.24. The van der Waals surface area contributed by atoms with Crippen LogP contribution >= 0.6 is 0 Å². The Kier molecular flexibility index (Phi) is 13.9. The summed E-state index contributed by atoms with van der Waals surface area (Å²) in [6, 6.07) is 3.34. The molecule has 0 heterocycles. The van der Waals surface area contributed by atoms with Crippen molar-refractivity contribution in [2.45, 2.75) is 69.3 Å². The average Bonchev–Trinajstić information content (AvgIpc) is 2.86. The minimum atomic E-state index is -1.55. The first-order valence-electron chi connectivity index (χ1n) is 12.3. The van der Waals surface area contributed by atoms with Crippen LogP contribution in [0.2, 0.25) is 0 Å². The SMILES string of the molecule is CC(O)C(NC(=O)C(CCCN=C(N)N)NC(=O)C(N)CCC(N)=O)C(=O)NC(Cc1ccccc1)C(=O)O. The van der Waals surface area contributed by atoms with E-state index in [0.717, 1.165) is 0 Å². The number of guanidine groups is 1. The molecule has 0 spiro atoms. The third kappa shape index (κ3) is 12.7. The van der Waals surface area contributed by atoms with Crippen LogP contribution in [0.3, 0.4) is 0 Å². The van der Waals surface area contributed by atoms with E-state index in [9.17, 15) is 34.2 Å². The molecule has 5 unspecified atom stereocenters. The van der Waals surface area contributed by atoms with Crippen LogP contribution in [-0.2, 0) is 30.4 Å². The molecule has 1 aromatic carbocycles. The maximum atomic E-state index is 13.1. The van der Waals surface area contributed by atoms with E-state index in [2.05, 4.69) is 20.9 Å². The number of amides is 4. The molecule has 0 aliphatic carbocycles. The lowest BCUT2D eigenvalue weighted by Crippen LogP contribution is -2.60. The maximum Gasteiger partial charge on any atom is 0.326 e. The molecular weight excluding hydrogens is 512 g/mol. The fraction of sp³-hybridized carbons (Fsp3) is 0.500. The molecule has 0 fully saturated rings. The van der Waals surface area contributed by atoms with Crippen LogP contribution in [0.15, 0.2) is 35.3 Å². The number of carboxylic acid groups (broad SMARTS) is 1. The Labute approximate surface area is 225 Å². The Morgan fingerprint density at radius 2 is 1.51 bits per heavy atom. The predicted molar refractivity (Wildman–Crippen MR) is 142 cm³/mol. The number of benzene rings is 1. The Balaban J connectivity index is 2.99. The van der Waals surface area contributed by atoms with Crippen LogP contribution in [0.4, 0.5) is 0 Å². The van der Waals surface area contributed by atoms with Gasteiger partial charge in [-0.1, -0.05) is 30.3 Å². The molecule has 0 aromatic heterocycles. The standard InChI is InChI=1S/C24H38N8O7/c1-13(33)19(22(37)31-17(23(38)39)12-14-6-3-2-4-7-14)32-21(36)16(8-5-11-29-24(27)28)30-20(35)15(25)9-10-18(26)34/h2-4,6-7,13,15-17,19,33H,5,8-12,25H2,1H3,(H2,26,34)(H,30,35)(H,31,37)(H,32,36)(H,38,39)(H4,27,28,29). The van der Waals surface area contributed by atoms with Gasteiger partial charge in [-0.25, -0.2) is 4.79 Å². The summed E-state index contributed by atoms with van der Waals surface area (Å²) < 4.78 is 0. The molecule has 0 aliphatic rings. The van der Waals surface area contributed by atoms with Crippen molar-refractivity contribution in [3.05, 3.63) is 35.9 Å². The van der Waals surface area contributed by atoms with Crippen molar-refractivity contribution in [3.63, 3.8) is 0 Å². The molecular formula is C24H38N8O7. The zero-order chi connectivity index (χ0) is 29.5. The summed E-state index contributed by atoms with van der Waals surface area (Å²) in [4.78, 5) is 65.1. The molecule has 15 nitrogen and oxygen atoms in total. The van der Waals surface area contributed by atoms with Crippen LogP contribution in [-0.4, -0.2) is 82.6 Å². The lowest BCUT2D eigenvalue weighted by Gasteiger charge is -2.26. The van der Waals surface area contributed by atoms with E-state index in [1.54, 1.807) is 30.3 Å². The first kappa shape index (κ1) is 32.8. The molecule has 15 heteroatoms. The number of hydrogen-bond donors (Lipinski definition) is 9. The van der Waals surface area contributed by atoms with Gasteiger partial charge in [-0.15, -0.1) is 0 Å². The highest BCUT2D eigenvalue weighted by molar-refractivity contribution is 5.94. The third-order valence-corrected chi connectivity index (χ3v) is 5.58. The van der Waals surface area contributed by atoms with E-state index < -0.39 is 59.9 Å². The van der Waals surface area contributed by atoms with Crippen LogP contribution in [0.1, 0.15) is 38.2 Å². The largest absolute Gasteiger partial charge is 0.480 e. The van der Waals surface area contributed by atoms with Crippen LogP contribution in [0, 0.1) is 0 Å². The lowest BCUT2D eigenvalue weighted by molar-refractivity contribution is -0.143. The van der Waals surface area contributed by atoms with E-state index >= 15 is 0 Å². The highest BCUT2D eigenvalue weighted by Gasteiger charge is 2.32. The highest BCUT2D eigenvalue weighted by atomic mass is 16.4. The van der Waals surface area contributed by atoms with E-state index in [-0.39, 0.29) is 44.6 Å². The molecule has 39 heavy (non-hydrogen) atoms. The molecule has 0 aliphatic heterocycles. The quantitative estimate of drug-likeness (QED) is 0.0531. The van der Waals surface area contributed by atoms with Crippen LogP contribution in [0.25, 0.3) is 0 Å². The molecule has 0 bridgehead atoms. The van der Waals surface area contributed by atoms with Gasteiger partial charge in [0.25, 0.3) is 0 Å². The second kappa shape index (κ2) is 16.6. The van der Waals surface area contributed by atoms with Crippen molar-refractivity contribution in [1.29, 1.82) is 0 Å². The first-order valence-corrected chi connectivity index (χ1v) is 12.3. The van der Waals surface area contributed by atoms with E-state index in [4.69, 9.17) is 22.9 Å². The number of aliphatic carboxylic acids is 1. The number of carbonyl (C=O) groups is 5. The van der Waals surface area contributed by atoms with Crippen molar-refractivity contribution in [2.24, 2.45) is 27.9 Å². The number of aliphatic imine (C=N–C) groups is 1. The monoisotopic (exact) mass is 550 g/mol. The van der Waals surface area contributed by atoms with Gasteiger partial charge in [0.1, 0.15) is 18.1 Å². The van der Waals surface area contributed by atoms with Gasteiger partial charge in [-0.05, 0) is 31.7 Å². The summed E-state index contributed by atoms with van der Waals surface area (Å²) in [6.45, 7) is 1.37. The summed E-state index contributed by atoms with van der Waals surface area (Å²) in [7, 11) is 0. The summed E-state index contributed by atoms with van der Waals surface area (Å²) in [5.41, 5.74) is 22.1. The molecule has 4 amide bonds. The number of hydrogen-bond acceptors (Lipinski definition) is 8. The highest BCUT2D eigenvalue weighted by Crippen LogP contribution is 2.07. The number of aliphatic hydroxyl groups is 1. The number of carbonyl (C=O) groups excluding carboxylic acids is 4. The lowest BCUT2D eigenvalue weighted by atomic mass is 10.0. The van der Waals surface area contributed by atoms with Crippen molar-refractivity contribution in [3.8, 4) is 0 Å². The molecule has 0 saturated heterocycles. The maximum absolute atomic E-state index is 13.1. The number of nitrogens with two attached hydrogens (primary N) is 4. The van der Waals surface area contributed by atoms with Gasteiger partial charge < -0.3 is 49.1 Å². The second-order valence-electron chi connectivity index (χ2n) is 8.94. The molecule has 1 rings (SSSR count). The first-order chi connectivity index (χ1) is 18.3. The molecule has 5 atom stereocenters. The molecule has 0 radical (unpaired) electrons. The van der Waals surface area contributed by atoms with E-state index in [0.29, 0.717) is 5.56 Å². The molecule has 0 saturated carbocycles. The van der Waals surface area contributed by atoms with Crippen molar-refractivity contribution in [1.82, 2.24) is 16.0 Å². The van der Waals surface area contributed by atoms with Crippen molar-refractivity contribution < 1.29 is 34.2 Å². The smallest absolute Gasteiger partial charge is 0.326 e. The fourth-order valence-electron chi connectivity index (χ4n) is 3.45. The Morgan fingerprint density at radius 1 is 0.897 bits per heavy atom. The number of nitrogens with zero attached hydrogens (tertiary/aromatic N) is 1. The van der Waals surface area contributed by atoms with Gasteiger partial charge in [0.05, 0.1) is 12.1 Å². The normalized spacial score (nSPS) is 14.5. The summed E-state index contributed by atoms with van der Waals surface area (Å²) in [5, 5.41) is 26.9. The molecule has 216 valence electrons. The van der Waals surface area contributed by atoms with Gasteiger partial charge in [-0.3, -0.25) is 24.2 Å². The number of carboxylic acids is 1. The van der Waals surface area contributed by atoms with Crippen molar-refractivity contribution >= 4 is 35.6 Å². The zero-order valence-corrected chi connectivity index (χ0v) is 21.7. The van der Waals surface area contributed by atoms with Crippen LogP contribution < -0.4 is 38.9 Å². The Morgan fingerprint density at radius 3 is 2.05 bits per heavy atom. The number of rotatable bonds is 17. The minimum absolute atomic E-state index is 0.0246. The van der Waals surface area contributed by atoms with Gasteiger partial charge in [0.15, 0.2) is 5.96 Å². The molecule has 13 N–H and O–H groups in total. The second-order valence-corrected chi connectivity index (χ2v) is 8.94. The predicted octanol–water partition coefficient (Wildman–Crippen LogP) is -3.20. The fourth-order valence-corrected chi connectivity index (χ4v) is 3.45. The zero-order valence-electron chi connectivity index (χ0n) is 21.7. The van der Waals surface area contributed by atoms with Gasteiger partial charge in [-0.2, -0.15) is 0 Å². The van der Waals surface area contributed by atoms with Gasteiger partial charge in [0, 0.05) is 19.4 Å². The van der Waals surface area contributed by atoms with Crippen LogP contribution in [0.5, 0.6) is 0 Å². The molecule has 1 aromatic rings. The van der Waals surface area contributed by atoms with E-state index in [1.165, 1.54) is 6.92 Å². The third-order valence-electron chi connectivity index (χ3n) is 5.58. The summed E-state index contributed by atoms with van der Waals surface area (Å²) >= 11 is 0. The van der Waals surface area contributed by atoms with Crippen molar-refractivity contribution in [2.75, 3.05) is 6.54 Å². The van der Waals surface area contributed by atoms with Gasteiger partial charge in [0.2, 0.25) is 23.6 Å². The number of aliphatic hydroxyl groups excluding tert-OH is 1.